The molecule has 0 spiro atoms. The summed E-state index contributed by atoms with van der Waals surface area (Å²) in [4.78, 5) is -1.53. The van der Waals surface area contributed by atoms with Gasteiger partial charge in [0.1, 0.15) is 0 Å². The summed E-state index contributed by atoms with van der Waals surface area (Å²) in [7, 11) is -3.63. The maximum absolute atomic E-state index is 11.8. The molecule has 0 fully saturated rings. The quantitative estimate of drug-likeness (QED) is 0.831. The van der Waals surface area contributed by atoms with Gasteiger partial charge in [-0.05, 0) is 25.5 Å². The van der Waals surface area contributed by atoms with E-state index in [0.717, 1.165) is 0 Å². The third-order valence-electron chi connectivity index (χ3n) is 2.29. The number of hydrogen-bond acceptors (Lipinski definition) is 3. The zero-order valence-electron chi connectivity index (χ0n) is 8.27. The summed E-state index contributed by atoms with van der Waals surface area (Å²) >= 11 is 0. The van der Waals surface area contributed by atoms with E-state index in [1.165, 1.54) is 19.1 Å². The van der Waals surface area contributed by atoms with E-state index >= 15 is 0 Å². The van der Waals surface area contributed by atoms with E-state index in [2.05, 4.69) is 0 Å². The molecule has 0 aliphatic rings. The van der Waals surface area contributed by atoms with Crippen molar-refractivity contribution in [1.82, 2.24) is 0 Å². The van der Waals surface area contributed by atoms with Gasteiger partial charge in [-0.25, -0.2) is 8.42 Å². The third-order valence-corrected chi connectivity index (χ3v) is 4.63. The average Bonchev–Trinajstić information content (AvgIpc) is 2.19. The Labute approximate surface area is 84.3 Å². The summed E-state index contributed by atoms with van der Waals surface area (Å²) in [6.07, 6.45) is 0.171. The van der Waals surface area contributed by atoms with E-state index in [0.29, 0.717) is 0 Å². The van der Waals surface area contributed by atoms with E-state index in [9.17, 15) is 13.5 Å². The highest BCUT2D eigenvalue weighted by Crippen LogP contribution is 2.25. The van der Waals surface area contributed by atoms with Gasteiger partial charge in [0.15, 0.2) is 4.93 Å². The van der Waals surface area contributed by atoms with Gasteiger partial charge in [-0.3, -0.25) is 0 Å². The van der Waals surface area contributed by atoms with E-state index < -0.39 is 14.8 Å². The van der Waals surface area contributed by atoms with Crippen LogP contribution >= 0.6 is 0 Å². The SMILES string of the molecule is CCC(C)(O)S(=O)(=O)c1ccccc1. The maximum atomic E-state index is 11.8. The summed E-state index contributed by atoms with van der Waals surface area (Å²) in [5.74, 6) is 0. The summed E-state index contributed by atoms with van der Waals surface area (Å²) < 4.78 is 23.7. The summed E-state index contributed by atoms with van der Waals surface area (Å²) in [6.45, 7) is 2.95. The van der Waals surface area contributed by atoms with E-state index in [1.807, 2.05) is 0 Å². The molecule has 14 heavy (non-hydrogen) atoms. The van der Waals surface area contributed by atoms with Gasteiger partial charge >= 0.3 is 0 Å². The van der Waals surface area contributed by atoms with Crippen LogP contribution in [0.5, 0.6) is 0 Å². The molecule has 0 amide bonds. The van der Waals surface area contributed by atoms with Crippen LogP contribution in [0, 0.1) is 0 Å². The number of hydrogen-bond donors (Lipinski definition) is 1. The standard InChI is InChI=1S/C10H14O3S/c1-3-10(2,11)14(12,13)9-7-5-4-6-8-9/h4-8,11H,3H2,1-2H3. The van der Waals surface area contributed by atoms with Gasteiger partial charge in [0.2, 0.25) is 9.84 Å². The number of rotatable bonds is 3. The molecule has 1 N–H and O–H groups in total. The van der Waals surface area contributed by atoms with Crippen molar-refractivity contribution >= 4 is 9.84 Å². The average molecular weight is 214 g/mol. The van der Waals surface area contributed by atoms with Gasteiger partial charge in [-0.1, -0.05) is 25.1 Å². The fourth-order valence-electron chi connectivity index (χ4n) is 1.04. The molecule has 1 unspecified atom stereocenters. The lowest BCUT2D eigenvalue weighted by Gasteiger charge is -2.21. The maximum Gasteiger partial charge on any atom is 0.207 e. The molecule has 1 aromatic rings. The highest BCUT2D eigenvalue weighted by Gasteiger charge is 2.35. The van der Waals surface area contributed by atoms with Crippen molar-refractivity contribution in [2.45, 2.75) is 30.1 Å². The van der Waals surface area contributed by atoms with Gasteiger partial charge in [-0.2, -0.15) is 0 Å². The highest BCUT2D eigenvalue weighted by molar-refractivity contribution is 7.92. The second-order valence-electron chi connectivity index (χ2n) is 3.35. The molecule has 3 nitrogen and oxygen atoms in total. The van der Waals surface area contributed by atoms with Crippen LogP contribution in [-0.4, -0.2) is 18.5 Å². The third kappa shape index (κ3) is 1.81. The monoisotopic (exact) mass is 214 g/mol. The van der Waals surface area contributed by atoms with Gasteiger partial charge in [0.25, 0.3) is 0 Å². The predicted octanol–water partition coefficient (Wildman–Crippen LogP) is 1.58. The number of sulfone groups is 1. The van der Waals surface area contributed by atoms with Crippen molar-refractivity contribution in [1.29, 1.82) is 0 Å². The molecule has 78 valence electrons. The minimum Gasteiger partial charge on any atom is -0.374 e. The molecule has 1 rings (SSSR count). The van der Waals surface area contributed by atoms with E-state index in [4.69, 9.17) is 0 Å². The lowest BCUT2D eigenvalue weighted by molar-refractivity contribution is 0.140. The fourth-order valence-corrected chi connectivity index (χ4v) is 2.45. The first-order valence-corrected chi connectivity index (χ1v) is 5.92. The Morgan fingerprint density at radius 3 is 2.21 bits per heavy atom. The van der Waals surface area contributed by atoms with Gasteiger partial charge in [-0.15, -0.1) is 0 Å². The van der Waals surface area contributed by atoms with Crippen LogP contribution in [0.25, 0.3) is 0 Å². The van der Waals surface area contributed by atoms with Crippen molar-refractivity contribution in [2.24, 2.45) is 0 Å². The topological polar surface area (TPSA) is 54.4 Å². The molecular formula is C10H14O3S. The molecule has 0 heterocycles. The first kappa shape index (κ1) is 11.2. The number of benzene rings is 1. The van der Waals surface area contributed by atoms with Crippen LogP contribution in [0.4, 0.5) is 0 Å². The Bertz CT molecular complexity index is 393. The van der Waals surface area contributed by atoms with Crippen molar-refractivity contribution < 1.29 is 13.5 Å². The fraction of sp³-hybridized carbons (Fsp3) is 0.400. The van der Waals surface area contributed by atoms with Crippen LogP contribution in [0.3, 0.4) is 0 Å². The molecule has 0 saturated carbocycles. The minimum atomic E-state index is -3.63. The van der Waals surface area contributed by atoms with Gasteiger partial charge < -0.3 is 5.11 Å². The predicted molar refractivity (Wildman–Crippen MR) is 54.5 cm³/mol. The number of aliphatic hydroxyl groups is 1. The second kappa shape index (κ2) is 3.71. The second-order valence-corrected chi connectivity index (χ2v) is 5.70. The molecule has 0 radical (unpaired) electrons. The Morgan fingerprint density at radius 1 is 1.29 bits per heavy atom. The lowest BCUT2D eigenvalue weighted by atomic mass is 10.3. The largest absolute Gasteiger partial charge is 0.374 e. The van der Waals surface area contributed by atoms with Gasteiger partial charge in [0.05, 0.1) is 4.90 Å². The molecule has 4 heteroatoms. The Morgan fingerprint density at radius 2 is 1.79 bits per heavy atom. The summed E-state index contributed by atoms with van der Waals surface area (Å²) in [5, 5.41) is 9.72. The Kier molecular flexibility index (Phi) is 2.97. The van der Waals surface area contributed by atoms with Crippen molar-refractivity contribution in [3.63, 3.8) is 0 Å². The van der Waals surface area contributed by atoms with Crippen LogP contribution in [0.2, 0.25) is 0 Å². The zero-order chi connectivity index (χ0) is 10.8. The molecule has 0 aliphatic carbocycles. The van der Waals surface area contributed by atoms with Gasteiger partial charge in [0, 0.05) is 0 Å². The summed E-state index contributed by atoms with van der Waals surface area (Å²) in [5.41, 5.74) is 0. The minimum absolute atomic E-state index is 0.159. The van der Waals surface area contributed by atoms with E-state index in [-0.39, 0.29) is 11.3 Å². The van der Waals surface area contributed by atoms with Crippen LogP contribution < -0.4 is 0 Å². The Hall–Kier alpha value is -0.870. The van der Waals surface area contributed by atoms with Crippen molar-refractivity contribution in [3.8, 4) is 0 Å². The first-order valence-electron chi connectivity index (χ1n) is 4.44. The smallest absolute Gasteiger partial charge is 0.207 e. The summed E-state index contributed by atoms with van der Waals surface area (Å²) in [6, 6.07) is 7.98. The van der Waals surface area contributed by atoms with Crippen LogP contribution in [-0.2, 0) is 9.84 Å². The molecule has 1 atom stereocenters. The first-order chi connectivity index (χ1) is 6.42. The van der Waals surface area contributed by atoms with Crippen LogP contribution in [0.15, 0.2) is 35.2 Å². The lowest BCUT2D eigenvalue weighted by Crippen LogP contribution is -2.34. The molecule has 0 aliphatic heterocycles. The molecule has 0 saturated heterocycles. The molecular weight excluding hydrogens is 200 g/mol. The van der Waals surface area contributed by atoms with Crippen molar-refractivity contribution in [2.75, 3.05) is 0 Å². The molecule has 1 aromatic carbocycles. The molecule has 0 aromatic heterocycles. The van der Waals surface area contributed by atoms with Crippen molar-refractivity contribution in [3.05, 3.63) is 30.3 Å². The highest BCUT2D eigenvalue weighted by atomic mass is 32.2. The van der Waals surface area contributed by atoms with E-state index in [1.54, 1.807) is 25.1 Å². The van der Waals surface area contributed by atoms with Crippen LogP contribution in [0.1, 0.15) is 20.3 Å². The molecule has 0 bridgehead atoms. The Balaban J connectivity index is 3.23. The normalized spacial score (nSPS) is 16.2. The zero-order valence-corrected chi connectivity index (χ0v) is 9.08.